The van der Waals surface area contributed by atoms with Gasteiger partial charge in [-0.2, -0.15) is 4.21 Å². The molecule has 0 spiro atoms. The minimum atomic E-state index is -1.44. The van der Waals surface area contributed by atoms with E-state index in [1.807, 2.05) is 0 Å². The third-order valence-corrected chi connectivity index (χ3v) is 4.16. The van der Waals surface area contributed by atoms with Crippen LogP contribution >= 0.6 is 0 Å². The summed E-state index contributed by atoms with van der Waals surface area (Å²) in [5, 5.41) is 0. The molecule has 0 aromatic carbocycles. The van der Waals surface area contributed by atoms with E-state index in [0.29, 0.717) is 0 Å². The predicted octanol–water partition coefficient (Wildman–Crippen LogP) is 4.64. The van der Waals surface area contributed by atoms with Crippen LogP contribution < -0.4 is 0 Å². The molecular weight excluding hydrogens is 248 g/mol. The van der Waals surface area contributed by atoms with E-state index in [1.165, 1.54) is 64.2 Å². The highest BCUT2D eigenvalue weighted by molar-refractivity contribution is 7.76. The van der Waals surface area contributed by atoms with Gasteiger partial charge in [0.15, 0.2) is 6.29 Å². The lowest BCUT2D eigenvalue weighted by Crippen LogP contribution is -2.31. The van der Waals surface area contributed by atoms with Crippen LogP contribution in [0.3, 0.4) is 0 Å². The smallest absolute Gasteiger partial charge is 0.235 e. The molecule has 108 valence electrons. The molecule has 4 heteroatoms. The van der Waals surface area contributed by atoms with E-state index in [2.05, 4.69) is 6.92 Å². The van der Waals surface area contributed by atoms with Crippen LogP contribution in [0.25, 0.3) is 0 Å². The molecule has 0 unspecified atom stereocenters. The third kappa shape index (κ3) is 8.22. The highest BCUT2D eigenvalue weighted by atomic mass is 32.2. The zero-order valence-corrected chi connectivity index (χ0v) is 12.5. The second-order valence-corrected chi connectivity index (χ2v) is 5.94. The van der Waals surface area contributed by atoms with Crippen LogP contribution in [0.2, 0.25) is 0 Å². The Morgan fingerprint density at radius 2 is 1.22 bits per heavy atom. The minimum absolute atomic E-state index is 0.190. The lowest BCUT2D eigenvalue weighted by atomic mass is 10.1. The molecule has 1 aliphatic rings. The van der Waals surface area contributed by atoms with Gasteiger partial charge in [0.05, 0.1) is 0 Å². The van der Waals surface area contributed by atoms with Crippen molar-refractivity contribution < 1.29 is 12.6 Å². The van der Waals surface area contributed by atoms with Crippen LogP contribution in [0.15, 0.2) is 0 Å². The molecule has 18 heavy (non-hydrogen) atoms. The van der Waals surface area contributed by atoms with Crippen LogP contribution in [0, 0.1) is 0 Å². The molecule has 0 N–H and O–H groups in total. The lowest BCUT2D eigenvalue weighted by molar-refractivity contribution is -0.0672. The number of hydrogen-bond donors (Lipinski definition) is 0. The third-order valence-electron chi connectivity index (χ3n) is 3.42. The second kappa shape index (κ2) is 10.9. The highest BCUT2D eigenvalue weighted by Crippen LogP contribution is 2.20. The fraction of sp³-hybridized carbons (Fsp3) is 1.00. The number of hydrogen-bond acceptors (Lipinski definition) is 3. The summed E-state index contributed by atoms with van der Waals surface area (Å²) in [6.07, 6.45) is 15.5. The lowest BCUT2D eigenvalue weighted by Gasteiger charge is -2.23. The maximum Gasteiger partial charge on any atom is 0.309 e. The molecule has 1 fully saturated rings. The van der Waals surface area contributed by atoms with Crippen LogP contribution in [-0.2, 0) is 19.7 Å². The monoisotopic (exact) mass is 276 g/mol. The zero-order valence-electron chi connectivity index (χ0n) is 11.7. The number of rotatable bonds is 12. The Bertz CT molecular complexity index is 213. The Hall–Kier alpha value is 0.0700. The van der Waals surface area contributed by atoms with E-state index in [-0.39, 0.29) is 6.29 Å². The van der Waals surface area contributed by atoms with Crippen LogP contribution in [0.4, 0.5) is 0 Å². The largest absolute Gasteiger partial charge is 0.309 e. The van der Waals surface area contributed by atoms with E-state index < -0.39 is 11.4 Å². The van der Waals surface area contributed by atoms with Gasteiger partial charge in [0.1, 0.15) is 0 Å². The first kappa shape index (κ1) is 16.1. The van der Waals surface area contributed by atoms with E-state index in [9.17, 15) is 4.21 Å². The minimum Gasteiger partial charge on any atom is -0.235 e. The van der Waals surface area contributed by atoms with Gasteiger partial charge < -0.3 is 0 Å². The standard InChI is InChI=1S/C14H28O3S/c1-2-3-4-5-6-7-8-9-10-11-12-13-14-16-18(15)17-14/h14H,2-13H2,1H3. The van der Waals surface area contributed by atoms with Gasteiger partial charge in [0.25, 0.3) is 0 Å². The Labute approximate surface area is 114 Å². The topological polar surface area (TPSA) is 35.5 Å². The van der Waals surface area contributed by atoms with Gasteiger partial charge in [-0.15, -0.1) is 0 Å². The summed E-state index contributed by atoms with van der Waals surface area (Å²) < 4.78 is 20.2. The molecule has 0 saturated carbocycles. The van der Waals surface area contributed by atoms with Gasteiger partial charge in [-0.25, -0.2) is 8.37 Å². The molecule has 1 aliphatic heterocycles. The van der Waals surface area contributed by atoms with Crippen LogP contribution in [0.5, 0.6) is 0 Å². The highest BCUT2D eigenvalue weighted by Gasteiger charge is 2.27. The van der Waals surface area contributed by atoms with Gasteiger partial charge in [-0.05, 0) is 6.42 Å². The summed E-state index contributed by atoms with van der Waals surface area (Å²) in [6.45, 7) is 2.26. The van der Waals surface area contributed by atoms with Crippen molar-refractivity contribution in [2.75, 3.05) is 0 Å². The second-order valence-electron chi connectivity index (χ2n) is 5.15. The molecule has 0 aliphatic carbocycles. The molecule has 1 saturated heterocycles. The van der Waals surface area contributed by atoms with Crippen molar-refractivity contribution in [1.82, 2.24) is 0 Å². The Kier molecular flexibility index (Phi) is 9.80. The first-order valence-electron chi connectivity index (χ1n) is 7.59. The van der Waals surface area contributed by atoms with Gasteiger partial charge in [-0.1, -0.05) is 71.1 Å². The predicted molar refractivity (Wildman–Crippen MR) is 75.2 cm³/mol. The van der Waals surface area contributed by atoms with Gasteiger partial charge >= 0.3 is 11.4 Å². The molecule has 0 radical (unpaired) electrons. The molecule has 1 rings (SSSR count). The fourth-order valence-corrected chi connectivity index (χ4v) is 2.81. The summed E-state index contributed by atoms with van der Waals surface area (Å²) >= 11 is -1.44. The maximum absolute atomic E-state index is 10.5. The molecule has 0 aromatic rings. The fourth-order valence-electron chi connectivity index (χ4n) is 2.25. The van der Waals surface area contributed by atoms with Crippen molar-refractivity contribution in [2.24, 2.45) is 0 Å². The average molecular weight is 276 g/mol. The van der Waals surface area contributed by atoms with E-state index in [0.717, 1.165) is 12.8 Å². The summed E-state index contributed by atoms with van der Waals surface area (Å²) in [5.41, 5.74) is 0. The molecule has 0 bridgehead atoms. The van der Waals surface area contributed by atoms with Gasteiger partial charge in [-0.3, -0.25) is 0 Å². The molecule has 0 amide bonds. The molecule has 0 aromatic heterocycles. The van der Waals surface area contributed by atoms with Crippen molar-refractivity contribution in [2.45, 2.75) is 90.3 Å². The van der Waals surface area contributed by atoms with Crippen molar-refractivity contribution in [3.8, 4) is 0 Å². The van der Waals surface area contributed by atoms with E-state index in [4.69, 9.17) is 8.37 Å². The van der Waals surface area contributed by atoms with Gasteiger partial charge in [0.2, 0.25) is 0 Å². The first-order valence-corrected chi connectivity index (χ1v) is 8.59. The summed E-state index contributed by atoms with van der Waals surface area (Å²) in [4.78, 5) is 0. The summed E-state index contributed by atoms with van der Waals surface area (Å²) in [6, 6.07) is 0. The Balaban J connectivity index is 1.67. The summed E-state index contributed by atoms with van der Waals surface area (Å²) in [5.74, 6) is 0. The first-order chi connectivity index (χ1) is 8.83. The van der Waals surface area contributed by atoms with Crippen molar-refractivity contribution in [3.05, 3.63) is 0 Å². The molecule has 1 heterocycles. The number of unbranched alkanes of at least 4 members (excludes halogenated alkanes) is 10. The van der Waals surface area contributed by atoms with Crippen molar-refractivity contribution in [1.29, 1.82) is 0 Å². The SMILES string of the molecule is CCCCCCCCCCCCCC1OS(=O)O1. The van der Waals surface area contributed by atoms with Crippen molar-refractivity contribution in [3.63, 3.8) is 0 Å². The normalized spacial score (nSPS) is 22.9. The molecule has 3 nitrogen and oxygen atoms in total. The zero-order chi connectivity index (χ0) is 13.1. The van der Waals surface area contributed by atoms with E-state index in [1.54, 1.807) is 0 Å². The molecule has 0 atom stereocenters. The average Bonchev–Trinajstić information content (AvgIpc) is 2.33. The maximum atomic E-state index is 10.5. The van der Waals surface area contributed by atoms with Crippen molar-refractivity contribution >= 4 is 11.4 Å². The van der Waals surface area contributed by atoms with Crippen LogP contribution in [0.1, 0.15) is 84.0 Å². The Morgan fingerprint density at radius 1 is 0.778 bits per heavy atom. The summed E-state index contributed by atoms with van der Waals surface area (Å²) in [7, 11) is 0. The molecular formula is C14H28O3S. The Morgan fingerprint density at radius 3 is 1.67 bits per heavy atom. The van der Waals surface area contributed by atoms with E-state index >= 15 is 0 Å². The van der Waals surface area contributed by atoms with Crippen LogP contribution in [-0.4, -0.2) is 10.5 Å². The van der Waals surface area contributed by atoms with Gasteiger partial charge in [0, 0.05) is 6.42 Å². The quantitative estimate of drug-likeness (QED) is 0.487.